The smallest absolute Gasteiger partial charge is 0.270 e. The molecule has 1 spiro atoms. The van der Waals surface area contributed by atoms with Gasteiger partial charge in [0.2, 0.25) is 11.8 Å². The minimum Gasteiger partial charge on any atom is -0.350 e. The number of likely N-dealkylation sites (N-methyl/N-ethyl adjacent to an activating group) is 1. The number of H-pyrrole nitrogens is 1. The highest BCUT2D eigenvalue weighted by Crippen LogP contribution is 2.48. The number of aromatic nitrogens is 5. The molecular weight excluding hydrogens is 632 g/mol. The van der Waals surface area contributed by atoms with Crippen molar-refractivity contribution in [2.24, 2.45) is 5.92 Å². The van der Waals surface area contributed by atoms with Crippen LogP contribution >= 0.6 is 0 Å². The molecule has 1 fully saturated rings. The maximum atomic E-state index is 14.4. The number of carbonyl (C=O) groups excluding carboxylic acids is 3. The standard InChI is InChI=1S/C35H31F2N9O3/c1-19(2)10-30(44(3)32(47)28-14-23-25(37)12-21(36)13-27(23)40-28)33(48)45-18-35(15-22(45)16-38)24-11-20(7-8-26(24)41-34(35)49)29-17-46(43-42-29)31-6-4-5-9-39-31/h4-9,11-14,17,19,22,30,40H,10,15,18H2,1-3H3,(H,41,49)/t22?,30-,35-/m0/s1. The highest BCUT2D eigenvalue weighted by Gasteiger charge is 2.57. The van der Waals surface area contributed by atoms with Crippen LogP contribution in [-0.2, 0) is 15.0 Å². The van der Waals surface area contributed by atoms with Crippen LogP contribution in [0.2, 0.25) is 0 Å². The van der Waals surface area contributed by atoms with Gasteiger partial charge in [0.05, 0.1) is 23.2 Å². The number of benzene rings is 2. The van der Waals surface area contributed by atoms with Crippen molar-refractivity contribution in [2.45, 2.75) is 44.2 Å². The first-order valence-electron chi connectivity index (χ1n) is 15.7. The number of likely N-dealkylation sites (tertiary alicyclic amines) is 1. The van der Waals surface area contributed by atoms with Crippen LogP contribution < -0.4 is 5.32 Å². The van der Waals surface area contributed by atoms with Crippen LogP contribution in [0, 0.1) is 28.9 Å². The second-order valence-electron chi connectivity index (χ2n) is 12.9. The van der Waals surface area contributed by atoms with Crippen molar-refractivity contribution in [1.82, 2.24) is 34.8 Å². The number of pyridine rings is 1. The first-order chi connectivity index (χ1) is 23.5. The van der Waals surface area contributed by atoms with Crippen molar-refractivity contribution < 1.29 is 23.2 Å². The van der Waals surface area contributed by atoms with Gasteiger partial charge in [-0.1, -0.05) is 31.2 Å². The number of fused-ring (bicyclic) bond motifs is 3. The Labute approximate surface area is 279 Å². The van der Waals surface area contributed by atoms with Crippen molar-refractivity contribution in [3.05, 3.63) is 89.9 Å². The minimum atomic E-state index is -1.22. The minimum absolute atomic E-state index is 0.0186. The lowest BCUT2D eigenvalue weighted by Gasteiger charge is -2.33. The summed E-state index contributed by atoms with van der Waals surface area (Å²) in [6, 6.07) is 14.2. The molecule has 7 rings (SSSR count). The molecule has 5 aromatic rings. The third-order valence-electron chi connectivity index (χ3n) is 9.33. The van der Waals surface area contributed by atoms with E-state index in [0.29, 0.717) is 28.3 Å². The SMILES string of the molecule is CC(C)C[C@@H](C(=O)N1C[C@]2(CC1C#N)C(=O)Nc1ccc(-c3cn(-c4ccccn4)nn3)cc12)N(C)C(=O)c1cc2c(F)cc(F)cc2[nH]1. The summed E-state index contributed by atoms with van der Waals surface area (Å²) in [6.07, 6.45) is 3.68. The Balaban J connectivity index is 1.19. The fourth-order valence-corrected chi connectivity index (χ4v) is 6.85. The molecule has 2 aromatic carbocycles. The summed E-state index contributed by atoms with van der Waals surface area (Å²) in [4.78, 5) is 51.5. The summed E-state index contributed by atoms with van der Waals surface area (Å²) in [5.74, 6) is -2.49. The largest absolute Gasteiger partial charge is 0.350 e. The number of carbonyl (C=O) groups is 3. The number of nitrogens with one attached hydrogen (secondary N) is 2. The molecule has 3 atom stereocenters. The van der Waals surface area contributed by atoms with Crippen molar-refractivity contribution in [3.63, 3.8) is 0 Å². The Hall–Kier alpha value is -5.97. The summed E-state index contributed by atoms with van der Waals surface area (Å²) in [5, 5.41) is 21.7. The van der Waals surface area contributed by atoms with Gasteiger partial charge in [0.15, 0.2) is 5.82 Å². The third-order valence-corrected chi connectivity index (χ3v) is 9.33. The van der Waals surface area contributed by atoms with Gasteiger partial charge in [-0.3, -0.25) is 14.4 Å². The van der Waals surface area contributed by atoms with Crippen LogP contribution in [0.1, 0.15) is 42.7 Å². The number of nitrogens with zero attached hydrogens (tertiary/aromatic N) is 7. The first kappa shape index (κ1) is 31.6. The number of aromatic amines is 1. The van der Waals surface area contributed by atoms with E-state index in [0.717, 1.165) is 12.1 Å². The average Bonchev–Trinajstić information content (AvgIpc) is 3.88. The van der Waals surface area contributed by atoms with Crippen LogP contribution in [0.25, 0.3) is 28.0 Å². The molecule has 2 aliphatic heterocycles. The Bertz CT molecular complexity index is 2170. The number of amides is 3. The first-order valence-corrected chi connectivity index (χ1v) is 15.7. The van der Waals surface area contributed by atoms with E-state index in [2.05, 4.69) is 31.7 Å². The molecule has 3 amide bonds. The molecule has 2 N–H and O–H groups in total. The molecule has 12 nitrogen and oxygen atoms in total. The predicted octanol–water partition coefficient (Wildman–Crippen LogP) is 4.59. The lowest BCUT2D eigenvalue weighted by atomic mass is 9.79. The second kappa shape index (κ2) is 11.9. The molecular formula is C35H31F2N9O3. The van der Waals surface area contributed by atoms with Crippen molar-refractivity contribution in [1.29, 1.82) is 5.26 Å². The van der Waals surface area contributed by atoms with E-state index in [-0.39, 0.29) is 47.8 Å². The Morgan fingerprint density at radius 1 is 1.16 bits per heavy atom. The van der Waals surface area contributed by atoms with E-state index in [4.69, 9.17) is 0 Å². The van der Waals surface area contributed by atoms with Gasteiger partial charge in [-0.25, -0.2) is 18.4 Å². The lowest BCUT2D eigenvalue weighted by Crippen LogP contribution is -2.52. The summed E-state index contributed by atoms with van der Waals surface area (Å²) in [7, 11) is 1.46. The van der Waals surface area contributed by atoms with Crippen molar-refractivity contribution in [3.8, 4) is 23.1 Å². The third kappa shape index (κ3) is 5.37. The molecule has 49 heavy (non-hydrogen) atoms. The number of halogens is 2. The van der Waals surface area contributed by atoms with E-state index < -0.39 is 40.9 Å². The Morgan fingerprint density at radius 3 is 2.71 bits per heavy atom. The van der Waals surface area contributed by atoms with Gasteiger partial charge < -0.3 is 20.1 Å². The number of nitriles is 1. The molecule has 0 bridgehead atoms. The van der Waals surface area contributed by atoms with Gasteiger partial charge in [0.25, 0.3) is 5.91 Å². The van der Waals surface area contributed by atoms with Gasteiger partial charge in [-0.2, -0.15) is 5.26 Å². The van der Waals surface area contributed by atoms with Crippen LogP contribution in [0.5, 0.6) is 0 Å². The molecule has 2 aliphatic rings. The topological polar surface area (TPSA) is 153 Å². The second-order valence-corrected chi connectivity index (χ2v) is 12.9. The van der Waals surface area contributed by atoms with Gasteiger partial charge in [-0.05, 0) is 54.3 Å². The van der Waals surface area contributed by atoms with E-state index in [9.17, 15) is 28.4 Å². The quantitative estimate of drug-likeness (QED) is 0.258. The van der Waals surface area contributed by atoms with Crippen LogP contribution in [0.15, 0.2) is 67.0 Å². The molecule has 0 aliphatic carbocycles. The zero-order valence-corrected chi connectivity index (χ0v) is 26.8. The van der Waals surface area contributed by atoms with Gasteiger partial charge in [0, 0.05) is 48.9 Å². The van der Waals surface area contributed by atoms with E-state index in [1.54, 1.807) is 35.3 Å². The highest BCUT2D eigenvalue weighted by molar-refractivity contribution is 6.08. The monoisotopic (exact) mass is 663 g/mol. The average molecular weight is 664 g/mol. The van der Waals surface area contributed by atoms with Crippen molar-refractivity contribution in [2.75, 3.05) is 18.9 Å². The Morgan fingerprint density at radius 2 is 1.98 bits per heavy atom. The Kier molecular flexibility index (Phi) is 7.70. The molecule has 14 heteroatoms. The zero-order chi connectivity index (χ0) is 34.6. The molecule has 1 unspecified atom stereocenters. The number of rotatable bonds is 7. The van der Waals surface area contributed by atoms with Gasteiger partial charge >= 0.3 is 0 Å². The van der Waals surface area contributed by atoms with E-state index in [1.807, 2.05) is 32.0 Å². The summed E-state index contributed by atoms with van der Waals surface area (Å²) >= 11 is 0. The predicted molar refractivity (Wildman–Crippen MR) is 174 cm³/mol. The summed E-state index contributed by atoms with van der Waals surface area (Å²) in [5.41, 5.74) is 1.31. The van der Waals surface area contributed by atoms with Gasteiger partial charge in [0.1, 0.15) is 35.1 Å². The molecule has 1 saturated heterocycles. The fraction of sp³-hybridized carbons (Fsp3) is 0.286. The van der Waals surface area contributed by atoms with Crippen LogP contribution in [-0.4, -0.2) is 78.2 Å². The number of hydrogen-bond donors (Lipinski definition) is 2. The highest BCUT2D eigenvalue weighted by atomic mass is 19.1. The van der Waals surface area contributed by atoms with E-state index in [1.165, 1.54) is 22.9 Å². The molecule has 248 valence electrons. The molecule has 5 heterocycles. The maximum absolute atomic E-state index is 14.4. The summed E-state index contributed by atoms with van der Waals surface area (Å²) < 4.78 is 29.8. The number of hydrogen-bond acceptors (Lipinski definition) is 7. The van der Waals surface area contributed by atoms with Crippen LogP contribution in [0.4, 0.5) is 14.5 Å². The summed E-state index contributed by atoms with van der Waals surface area (Å²) in [6.45, 7) is 3.72. The van der Waals surface area contributed by atoms with Gasteiger partial charge in [-0.15, -0.1) is 5.10 Å². The maximum Gasteiger partial charge on any atom is 0.270 e. The molecule has 0 saturated carbocycles. The van der Waals surface area contributed by atoms with Crippen LogP contribution in [0.3, 0.4) is 0 Å². The molecule has 3 aromatic heterocycles. The molecule has 0 radical (unpaired) electrons. The number of anilines is 1. The normalized spacial score (nSPS) is 18.9. The van der Waals surface area contributed by atoms with Crippen molar-refractivity contribution >= 4 is 34.3 Å². The fourth-order valence-electron chi connectivity index (χ4n) is 6.85. The zero-order valence-electron chi connectivity index (χ0n) is 26.8. The van der Waals surface area contributed by atoms with E-state index >= 15 is 0 Å². The lowest BCUT2D eigenvalue weighted by molar-refractivity contribution is -0.136.